The molecule has 1 spiro atoms. The molecule has 0 atom stereocenters. The zero-order chi connectivity index (χ0) is 20.0. The fourth-order valence-electron chi connectivity index (χ4n) is 3.03. The van der Waals surface area contributed by atoms with Crippen molar-refractivity contribution >= 4 is 17.8 Å². The second kappa shape index (κ2) is 8.70. The van der Waals surface area contributed by atoms with E-state index in [1.54, 1.807) is 12.0 Å². The number of esters is 1. The largest absolute Gasteiger partial charge is 0.497 e. The second-order valence-corrected chi connectivity index (χ2v) is 6.55. The van der Waals surface area contributed by atoms with E-state index in [4.69, 9.17) is 4.74 Å². The highest BCUT2D eigenvalue weighted by molar-refractivity contribution is 5.99. The third-order valence-corrected chi connectivity index (χ3v) is 4.76. The Balaban J connectivity index is 0.000000244. The molecule has 3 rings (SSSR count). The van der Waals surface area contributed by atoms with Crippen LogP contribution >= 0.6 is 0 Å². The molecule has 0 aromatic heterocycles. The van der Waals surface area contributed by atoms with Crippen LogP contribution in [0.5, 0.6) is 5.75 Å². The Labute approximate surface area is 159 Å². The smallest absolute Gasteiger partial charge is 0.325 e. The van der Waals surface area contributed by atoms with Gasteiger partial charge in [0.2, 0.25) is 11.8 Å². The number of hydrogen-bond donors (Lipinski definition) is 0. The first-order valence-electron chi connectivity index (χ1n) is 8.79. The summed E-state index contributed by atoms with van der Waals surface area (Å²) in [4.78, 5) is 38.2. The van der Waals surface area contributed by atoms with Crippen molar-refractivity contribution in [1.82, 2.24) is 9.80 Å². The van der Waals surface area contributed by atoms with Gasteiger partial charge in [0, 0.05) is 13.1 Å². The summed E-state index contributed by atoms with van der Waals surface area (Å²) in [6.07, 6.45) is 2.54. The number of methoxy groups -OCH3 is 2. The summed E-state index contributed by atoms with van der Waals surface area (Å²) in [5, 5.41) is 0. The van der Waals surface area contributed by atoms with Gasteiger partial charge in [-0.1, -0.05) is 24.3 Å². The average molecular weight is 374 g/mol. The fourth-order valence-corrected chi connectivity index (χ4v) is 3.03. The monoisotopic (exact) mass is 374 g/mol. The van der Waals surface area contributed by atoms with Crippen LogP contribution in [0, 0.1) is 6.92 Å². The van der Waals surface area contributed by atoms with Crippen LogP contribution < -0.4 is 4.74 Å². The molecule has 0 N–H and O–H groups in total. The summed E-state index contributed by atoms with van der Waals surface area (Å²) >= 11 is 0. The predicted octanol–water partition coefficient (Wildman–Crippen LogP) is 1.55. The molecule has 1 aliphatic heterocycles. The van der Waals surface area contributed by atoms with Gasteiger partial charge in [0.15, 0.2) is 0 Å². The van der Waals surface area contributed by atoms with Crippen LogP contribution in [0.25, 0.3) is 0 Å². The van der Waals surface area contributed by atoms with Crippen molar-refractivity contribution in [3.05, 3.63) is 42.5 Å². The first-order chi connectivity index (χ1) is 12.9. The van der Waals surface area contributed by atoms with E-state index in [0.29, 0.717) is 25.9 Å². The molecule has 2 fully saturated rings. The molecule has 7 heteroatoms. The molecule has 27 heavy (non-hydrogen) atoms. The van der Waals surface area contributed by atoms with Gasteiger partial charge < -0.3 is 19.3 Å². The van der Waals surface area contributed by atoms with E-state index < -0.39 is 11.5 Å². The number of carbonyl (C=O) groups excluding carboxylic acids is 3. The van der Waals surface area contributed by atoms with Crippen molar-refractivity contribution in [2.75, 3.05) is 33.9 Å². The van der Waals surface area contributed by atoms with Gasteiger partial charge in [0.25, 0.3) is 0 Å². The highest BCUT2D eigenvalue weighted by Gasteiger charge is 2.59. The normalized spacial score (nSPS) is 16.9. The molecule has 146 valence electrons. The lowest BCUT2D eigenvalue weighted by Crippen LogP contribution is -2.61. The van der Waals surface area contributed by atoms with E-state index in [0.717, 1.165) is 5.75 Å². The van der Waals surface area contributed by atoms with Crippen LogP contribution in [0.15, 0.2) is 36.9 Å². The maximum atomic E-state index is 12.3. The quantitative estimate of drug-likeness (QED) is 0.590. The van der Waals surface area contributed by atoms with E-state index >= 15 is 0 Å². The minimum atomic E-state index is -0.725. The molecule has 1 heterocycles. The third-order valence-electron chi connectivity index (χ3n) is 4.76. The number of aryl methyl sites for hydroxylation is 1. The Morgan fingerprint density at radius 1 is 1.19 bits per heavy atom. The van der Waals surface area contributed by atoms with E-state index in [1.807, 2.05) is 24.3 Å². The Hall–Kier alpha value is -2.83. The second-order valence-electron chi connectivity index (χ2n) is 6.55. The van der Waals surface area contributed by atoms with Crippen molar-refractivity contribution in [3.63, 3.8) is 0 Å². The zero-order valence-electron chi connectivity index (χ0n) is 16.1. The lowest BCUT2D eigenvalue weighted by molar-refractivity contribution is -0.156. The van der Waals surface area contributed by atoms with Crippen LogP contribution in [0.3, 0.4) is 0 Å². The first-order valence-corrected chi connectivity index (χ1v) is 8.79. The van der Waals surface area contributed by atoms with E-state index in [2.05, 4.69) is 18.2 Å². The van der Waals surface area contributed by atoms with Crippen molar-refractivity contribution < 1.29 is 23.9 Å². The molecule has 1 aromatic rings. The summed E-state index contributed by atoms with van der Waals surface area (Å²) in [7, 11) is 2.96. The molecule has 7 nitrogen and oxygen atoms in total. The molecule has 0 bridgehead atoms. The molecule has 1 aromatic carbocycles. The number of benzene rings is 1. The predicted molar refractivity (Wildman–Crippen MR) is 100 cm³/mol. The summed E-state index contributed by atoms with van der Waals surface area (Å²) < 4.78 is 9.52. The van der Waals surface area contributed by atoms with Crippen LogP contribution in [-0.4, -0.2) is 67.0 Å². The highest BCUT2D eigenvalue weighted by atomic mass is 16.5. The number of ether oxygens (including phenoxy) is 2. The molecule has 1 saturated carbocycles. The minimum Gasteiger partial charge on any atom is -0.497 e. The molecule has 0 radical (unpaired) electrons. The Morgan fingerprint density at radius 2 is 1.81 bits per heavy atom. The van der Waals surface area contributed by atoms with E-state index in [-0.39, 0.29) is 18.4 Å². The van der Waals surface area contributed by atoms with E-state index in [1.165, 1.54) is 23.6 Å². The van der Waals surface area contributed by atoms with Crippen LogP contribution in [0.1, 0.15) is 18.4 Å². The molecule has 1 aliphatic carbocycles. The maximum Gasteiger partial charge on any atom is 0.325 e. The van der Waals surface area contributed by atoms with Crippen molar-refractivity contribution in [2.24, 2.45) is 0 Å². The number of amides is 2. The zero-order valence-corrected chi connectivity index (χ0v) is 16.1. The standard InChI is InChI=1S/C12H16N2O4.C8H10O/c1-3-9(15)14-7-6-13(8-10(16)18-2)11(17)12(14)4-5-12;1-7-3-5-8(9-2)6-4-7/h3H,1,4-8H2,2H3;3-6H,1-2H3. The minimum absolute atomic E-state index is 0.0484. The topological polar surface area (TPSA) is 76.2 Å². The average Bonchev–Trinajstić information content (AvgIpc) is 3.47. The maximum absolute atomic E-state index is 12.3. The van der Waals surface area contributed by atoms with Gasteiger partial charge in [-0.15, -0.1) is 0 Å². The van der Waals surface area contributed by atoms with Crippen LogP contribution in [0.4, 0.5) is 0 Å². The Bertz CT molecular complexity index is 710. The summed E-state index contributed by atoms with van der Waals surface area (Å²) in [5.41, 5.74) is 0.535. The summed E-state index contributed by atoms with van der Waals surface area (Å²) in [6, 6.07) is 7.96. The van der Waals surface area contributed by atoms with Gasteiger partial charge >= 0.3 is 5.97 Å². The number of nitrogens with zero attached hydrogens (tertiary/aromatic N) is 2. The third kappa shape index (κ3) is 4.67. The van der Waals surface area contributed by atoms with Gasteiger partial charge in [-0.05, 0) is 38.0 Å². The number of rotatable bonds is 4. The Kier molecular flexibility index (Phi) is 6.60. The summed E-state index contributed by atoms with van der Waals surface area (Å²) in [5.74, 6) is 0.0937. The van der Waals surface area contributed by atoms with Gasteiger partial charge in [0.05, 0.1) is 14.2 Å². The van der Waals surface area contributed by atoms with Gasteiger partial charge in [-0.3, -0.25) is 14.4 Å². The fraction of sp³-hybridized carbons (Fsp3) is 0.450. The molecular weight excluding hydrogens is 348 g/mol. The highest BCUT2D eigenvalue weighted by Crippen LogP contribution is 2.45. The summed E-state index contributed by atoms with van der Waals surface area (Å²) in [6.45, 7) is 6.25. The van der Waals surface area contributed by atoms with Gasteiger partial charge in [0.1, 0.15) is 17.8 Å². The number of hydrogen-bond acceptors (Lipinski definition) is 5. The van der Waals surface area contributed by atoms with Gasteiger partial charge in [-0.25, -0.2) is 0 Å². The molecule has 2 aliphatic rings. The van der Waals surface area contributed by atoms with Crippen LogP contribution in [0.2, 0.25) is 0 Å². The van der Waals surface area contributed by atoms with Crippen molar-refractivity contribution in [1.29, 1.82) is 0 Å². The SMILES string of the molecule is C=CC(=O)N1CCN(CC(=O)OC)C(=O)C12CC2.COc1ccc(C)cc1. The lowest BCUT2D eigenvalue weighted by Gasteiger charge is -2.40. The molecule has 1 saturated heterocycles. The lowest BCUT2D eigenvalue weighted by atomic mass is 10.1. The van der Waals surface area contributed by atoms with Crippen molar-refractivity contribution in [3.8, 4) is 5.75 Å². The van der Waals surface area contributed by atoms with Crippen molar-refractivity contribution in [2.45, 2.75) is 25.3 Å². The molecule has 2 amide bonds. The molecule has 0 unspecified atom stereocenters. The first kappa shape index (κ1) is 20.5. The Morgan fingerprint density at radius 3 is 2.30 bits per heavy atom. The number of piperazine rings is 1. The number of carbonyl (C=O) groups is 3. The van der Waals surface area contributed by atoms with Crippen LogP contribution in [-0.2, 0) is 19.1 Å². The van der Waals surface area contributed by atoms with E-state index in [9.17, 15) is 14.4 Å². The molecular formula is C20H26N2O5. The van der Waals surface area contributed by atoms with Gasteiger partial charge in [-0.2, -0.15) is 0 Å².